The van der Waals surface area contributed by atoms with Gasteiger partial charge in [-0.1, -0.05) is 29.5 Å². The Hall–Kier alpha value is -2.77. The highest BCUT2D eigenvalue weighted by atomic mass is 32.1. The second-order valence-electron chi connectivity index (χ2n) is 5.90. The molecule has 7 heteroatoms. The van der Waals surface area contributed by atoms with Crippen molar-refractivity contribution in [2.45, 2.75) is 13.0 Å². The van der Waals surface area contributed by atoms with Crippen molar-refractivity contribution in [2.24, 2.45) is 0 Å². The Balaban J connectivity index is 1.71. The largest absolute Gasteiger partial charge is 0.494 e. The molecule has 0 aliphatic carbocycles. The summed E-state index contributed by atoms with van der Waals surface area (Å²) in [5, 5.41) is 2.65. The minimum absolute atomic E-state index is 0.0133. The van der Waals surface area contributed by atoms with Gasteiger partial charge in [-0.15, -0.1) is 11.3 Å². The van der Waals surface area contributed by atoms with Gasteiger partial charge in [-0.3, -0.25) is 14.7 Å². The number of hydrogen-bond acceptors (Lipinski definition) is 6. The van der Waals surface area contributed by atoms with Gasteiger partial charge >= 0.3 is 0 Å². The molecule has 27 heavy (non-hydrogen) atoms. The van der Waals surface area contributed by atoms with E-state index in [1.165, 1.54) is 11.3 Å². The molecule has 5 nitrogen and oxygen atoms in total. The standard InChI is InChI=1S/C20H17N3O2S2/c1-25-16-7-2-8-17-19(16)22-20(27-17)23(13-14-5-3-9-21-12-14)18(24)11-15-6-4-10-26-15/h2-10,12H,11,13H2,1H3. The van der Waals surface area contributed by atoms with Crippen LogP contribution in [0.15, 0.2) is 60.2 Å². The third-order valence-corrected chi connectivity index (χ3v) is 6.01. The highest BCUT2D eigenvalue weighted by molar-refractivity contribution is 7.22. The van der Waals surface area contributed by atoms with Gasteiger partial charge in [0.1, 0.15) is 11.3 Å². The lowest BCUT2D eigenvalue weighted by Gasteiger charge is -2.19. The number of carbonyl (C=O) groups excluding carboxylic acids is 1. The number of nitrogens with zero attached hydrogens (tertiary/aromatic N) is 3. The number of aromatic nitrogens is 2. The Morgan fingerprint density at radius 1 is 1.19 bits per heavy atom. The first-order valence-electron chi connectivity index (χ1n) is 8.40. The summed E-state index contributed by atoms with van der Waals surface area (Å²) in [4.78, 5) is 24.7. The van der Waals surface area contributed by atoms with Crippen LogP contribution >= 0.6 is 22.7 Å². The number of thiophene rings is 1. The number of benzene rings is 1. The van der Waals surface area contributed by atoms with Gasteiger partial charge < -0.3 is 4.74 Å². The third-order valence-electron chi connectivity index (χ3n) is 4.09. The maximum Gasteiger partial charge on any atom is 0.234 e. The summed E-state index contributed by atoms with van der Waals surface area (Å²) < 4.78 is 6.41. The van der Waals surface area contributed by atoms with Gasteiger partial charge in [-0.25, -0.2) is 4.98 Å². The summed E-state index contributed by atoms with van der Waals surface area (Å²) in [5.41, 5.74) is 1.74. The van der Waals surface area contributed by atoms with Crippen LogP contribution in [0.5, 0.6) is 5.75 Å². The second kappa shape index (κ2) is 7.85. The fourth-order valence-corrected chi connectivity index (χ4v) is 4.48. The molecule has 1 aromatic carbocycles. The molecule has 0 spiro atoms. The third kappa shape index (κ3) is 3.84. The lowest BCUT2D eigenvalue weighted by Crippen LogP contribution is -2.31. The van der Waals surface area contributed by atoms with Gasteiger partial charge in [0.15, 0.2) is 5.13 Å². The Morgan fingerprint density at radius 3 is 2.85 bits per heavy atom. The van der Waals surface area contributed by atoms with Crippen molar-refractivity contribution in [1.29, 1.82) is 0 Å². The molecule has 4 aromatic rings. The van der Waals surface area contributed by atoms with Crippen LogP contribution in [-0.4, -0.2) is 23.0 Å². The molecule has 0 aliphatic rings. The SMILES string of the molecule is COc1cccc2sc(N(Cc3cccnc3)C(=O)Cc3cccs3)nc12. The van der Waals surface area contributed by atoms with E-state index in [1.807, 2.05) is 47.8 Å². The van der Waals surface area contributed by atoms with Gasteiger partial charge in [0.05, 0.1) is 24.8 Å². The number of ether oxygens (including phenoxy) is 1. The molecule has 1 amide bonds. The van der Waals surface area contributed by atoms with Crippen molar-refractivity contribution in [3.8, 4) is 5.75 Å². The minimum atomic E-state index is 0.0133. The minimum Gasteiger partial charge on any atom is -0.494 e. The summed E-state index contributed by atoms with van der Waals surface area (Å²) in [6.07, 6.45) is 3.86. The number of hydrogen-bond donors (Lipinski definition) is 0. The zero-order valence-corrected chi connectivity index (χ0v) is 16.3. The molecular weight excluding hydrogens is 378 g/mol. The molecule has 3 heterocycles. The molecule has 0 atom stereocenters. The molecule has 0 fully saturated rings. The number of pyridine rings is 1. The summed E-state index contributed by atoms with van der Waals surface area (Å²) in [6.45, 7) is 0.431. The number of fused-ring (bicyclic) bond motifs is 1. The topological polar surface area (TPSA) is 55.3 Å². The van der Waals surface area contributed by atoms with E-state index in [1.54, 1.807) is 35.7 Å². The van der Waals surface area contributed by atoms with E-state index in [4.69, 9.17) is 9.72 Å². The summed E-state index contributed by atoms with van der Waals surface area (Å²) in [6, 6.07) is 13.6. The van der Waals surface area contributed by atoms with E-state index >= 15 is 0 Å². The van der Waals surface area contributed by atoms with Crippen LogP contribution in [0.4, 0.5) is 5.13 Å². The zero-order valence-electron chi connectivity index (χ0n) is 14.7. The number of amides is 1. The number of anilines is 1. The number of rotatable bonds is 6. The van der Waals surface area contributed by atoms with Crippen LogP contribution in [0.3, 0.4) is 0 Å². The van der Waals surface area contributed by atoms with Gasteiger partial charge in [-0.05, 0) is 35.2 Å². The number of methoxy groups -OCH3 is 1. The molecule has 136 valence electrons. The second-order valence-corrected chi connectivity index (χ2v) is 7.94. The smallest absolute Gasteiger partial charge is 0.234 e. The Labute approximate surface area is 164 Å². The quantitative estimate of drug-likeness (QED) is 0.481. The van der Waals surface area contributed by atoms with E-state index in [0.717, 1.165) is 20.7 Å². The highest BCUT2D eigenvalue weighted by Crippen LogP contribution is 2.35. The Bertz CT molecular complexity index is 1050. The number of para-hydroxylation sites is 1. The van der Waals surface area contributed by atoms with E-state index in [2.05, 4.69) is 4.98 Å². The summed E-state index contributed by atoms with van der Waals surface area (Å²) in [7, 11) is 1.63. The van der Waals surface area contributed by atoms with Crippen LogP contribution in [0.25, 0.3) is 10.2 Å². The van der Waals surface area contributed by atoms with Crippen molar-refractivity contribution < 1.29 is 9.53 Å². The predicted octanol–water partition coefficient (Wildman–Crippen LogP) is 4.54. The van der Waals surface area contributed by atoms with Crippen molar-refractivity contribution in [1.82, 2.24) is 9.97 Å². The van der Waals surface area contributed by atoms with Crippen LogP contribution in [0.2, 0.25) is 0 Å². The molecule has 0 N–H and O–H groups in total. The molecule has 4 rings (SSSR count). The molecule has 0 saturated carbocycles. The van der Waals surface area contributed by atoms with Crippen LogP contribution < -0.4 is 9.64 Å². The lowest BCUT2D eigenvalue weighted by atomic mass is 10.2. The van der Waals surface area contributed by atoms with Crippen molar-refractivity contribution >= 4 is 43.9 Å². The van der Waals surface area contributed by atoms with Crippen molar-refractivity contribution in [3.63, 3.8) is 0 Å². The fraction of sp³-hybridized carbons (Fsp3) is 0.150. The highest BCUT2D eigenvalue weighted by Gasteiger charge is 2.22. The lowest BCUT2D eigenvalue weighted by molar-refractivity contribution is -0.118. The number of thiazole rings is 1. The molecule has 0 saturated heterocycles. The zero-order chi connectivity index (χ0) is 18.6. The molecule has 0 unspecified atom stereocenters. The Morgan fingerprint density at radius 2 is 2.11 bits per heavy atom. The van der Waals surface area contributed by atoms with E-state index in [9.17, 15) is 4.79 Å². The van der Waals surface area contributed by atoms with Crippen LogP contribution in [-0.2, 0) is 17.8 Å². The average molecular weight is 396 g/mol. The molecule has 0 radical (unpaired) electrons. The normalized spacial score (nSPS) is 10.9. The molecule has 0 bridgehead atoms. The maximum absolute atomic E-state index is 13.1. The maximum atomic E-state index is 13.1. The summed E-state index contributed by atoms with van der Waals surface area (Å²) >= 11 is 3.08. The van der Waals surface area contributed by atoms with E-state index in [-0.39, 0.29) is 5.91 Å². The first-order valence-corrected chi connectivity index (χ1v) is 10.1. The molecular formula is C20H17N3O2S2. The number of carbonyl (C=O) groups is 1. The Kier molecular flexibility index (Phi) is 5.13. The summed E-state index contributed by atoms with van der Waals surface area (Å²) in [5.74, 6) is 0.723. The predicted molar refractivity (Wildman–Crippen MR) is 110 cm³/mol. The first kappa shape index (κ1) is 17.6. The van der Waals surface area contributed by atoms with Gasteiger partial charge in [0, 0.05) is 17.3 Å². The fourth-order valence-electron chi connectivity index (χ4n) is 2.79. The van der Waals surface area contributed by atoms with Gasteiger partial charge in [0.2, 0.25) is 5.91 Å². The first-order chi connectivity index (χ1) is 13.2. The van der Waals surface area contributed by atoms with E-state index < -0.39 is 0 Å². The van der Waals surface area contributed by atoms with Gasteiger partial charge in [-0.2, -0.15) is 0 Å². The van der Waals surface area contributed by atoms with Crippen molar-refractivity contribution in [3.05, 3.63) is 70.7 Å². The van der Waals surface area contributed by atoms with Crippen LogP contribution in [0.1, 0.15) is 10.4 Å². The van der Waals surface area contributed by atoms with Crippen molar-refractivity contribution in [2.75, 3.05) is 12.0 Å². The average Bonchev–Trinajstić information content (AvgIpc) is 3.36. The van der Waals surface area contributed by atoms with Gasteiger partial charge in [0.25, 0.3) is 0 Å². The van der Waals surface area contributed by atoms with E-state index in [0.29, 0.717) is 23.8 Å². The monoisotopic (exact) mass is 395 g/mol. The molecule has 0 aliphatic heterocycles. The van der Waals surface area contributed by atoms with Crippen LogP contribution in [0, 0.1) is 0 Å². The molecule has 3 aromatic heterocycles.